The molecule has 0 aliphatic carbocycles. The molecule has 0 aromatic heterocycles. The summed E-state index contributed by atoms with van der Waals surface area (Å²) in [4.78, 5) is 12.6. The number of benzene rings is 2. The zero-order valence-corrected chi connectivity index (χ0v) is 16.4. The molecule has 1 fully saturated rings. The Morgan fingerprint density at radius 2 is 1.86 bits per heavy atom. The second-order valence-corrected chi connectivity index (χ2v) is 8.42. The molecular weight excluding hydrogens is 382 g/mol. The maximum absolute atomic E-state index is 13.0. The van der Waals surface area contributed by atoms with Crippen molar-refractivity contribution in [3.05, 3.63) is 69.8 Å². The van der Waals surface area contributed by atoms with Gasteiger partial charge in [0.25, 0.3) is 5.69 Å². The third kappa shape index (κ3) is 4.93. The molecule has 1 heterocycles. The molecule has 150 valence electrons. The molecule has 0 spiro atoms. The van der Waals surface area contributed by atoms with Gasteiger partial charge < -0.3 is 4.74 Å². The molecule has 0 unspecified atom stereocenters. The van der Waals surface area contributed by atoms with Crippen LogP contribution in [-0.2, 0) is 14.8 Å². The molecule has 9 heteroatoms. The first kappa shape index (κ1) is 20.4. The minimum Gasteiger partial charge on any atom is -0.379 e. The number of nitrogens with zero attached hydrogens (tertiary/aromatic N) is 2. The fourth-order valence-electron chi connectivity index (χ4n) is 3.15. The highest BCUT2D eigenvalue weighted by molar-refractivity contribution is 7.89. The maximum atomic E-state index is 13.0. The lowest BCUT2D eigenvalue weighted by Gasteiger charge is -2.31. The fraction of sp³-hybridized carbons (Fsp3) is 0.368. The van der Waals surface area contributed by atoms with Crippen LogP contribution in [0.3, 0.4) is 0 Å². The Kier molecular flexibility index (Phi) is 6.40. The number of nitrogens with one attached hydrogen (secondary N) is 1. The Labute approximate surface area is 164 Å². The average molecular weight is 405 g/mol. The topological polar surface area (TPSA) is 102 Å². The third-order valence-electron chi connectivity index (χ3n) is 4.73. The van der Waals surface area contributed by atoms with E-state index < -0.39 is 21.0 Å². The van der Waals surface area contributed by atoms with Crippen molar-refractivity contribution in [2.24, 2.45) is 0 Å². The van der Waals surface area contributed by atoms with E-state index in [2.05, 4.69) is 9.62 Å². The summed E-state index contributed by atoms with van der Waals surface area (Å²) >= 11 is 0. The van der Waals surface area contributed by atoms with E-state index in [1.165, 1.54) is 12.1 Å². The summed E-state index contributed by atoms with van der Waals surface area (Å²) < 4.78 is 34.0. The summed E-state index contributed by atoms with van der Waals surface area (Å²) in [6.45, 7) is 4.73. The van der Waals surface area contributed by atoms with Gasteiger partial charge in [0.05, 0.1) is 29.1 Å². The lowest BCUT2D eigenvalue weighted by atomic mass is 10.1. The zero-order valence-electron chi connectivity index (χ0n) is 15.6. The number of hydrogen-bond donors (Lipinski definition) is 1. The molecule has 2 aromatic carbocycles. The Hall–Kier alpha value is -2.33. The van der Waals surface area contributed by atoms with E-state index in [0.717, 1.165) is 24.7 Å². The summed E-state index contributed by atoms with van der Waals surface area (Å²) in [5.74, 6) is 0. The molecule has 2 aromatic rings. The van der Waals surface area contributed by atoms with E-state index in [1.54, 1.807) is 6.92 Å². The van der Waals surface area contributed by atoms with Gasteiger partial charge in [0, 0.05) is 31.3 Å². The highest BCUT2D eigenvalue weighted by atomic mass is 32.2. The first-order valence-corrected chi connectivity index (χ1v) is 10.5. The van der Waals surface area contributed by atoms with Gasteiger partial charge in [-0.25, -0.2) is 13.1 Å². The summed E-state index contributed by atoms with van der Waals surface area (Å²) in [6, 6.07) is 12.8. The van der Waals surface area contributed by atoms with Crippen molar-refractivity contribution in [3.8, 4) is 0 Å². The Bertz CT molecular complexity index is 928. The van der Waals surface area contributed by atoms with Gasteiger partial charge in [0.15, 0.2) is 0 Å². The predicted octanol–water partition coefficient (Wildman–Crippen LogP) is 2.26. The van der Waals surface area contributed by atoms with Crippen LogP contribution in [0, 0.1) is 17.0 Å². The van der Waals surface area contributed by atoms with Crippen LogP contribution in [0.1, 0.15) is 17.2 Å². The molecule has 3 rings (SSSR count). The monoisotopic (exact) mass is 405 g/mol. The number of hydrogen-bond acceptors (Lipinski definition) is 6. The summed E-state index contributed by atoms with van der Waals surface area (Å²) in [5.41, 5.74) is 1.03. The number of morpholine rings is 1. The van der Waals surface area contributed by atoms with Crippen LogP contribution in [0.25, 0.3) is 0 Å². The second-order valence-electron chi connectivity index (χ2n) is 6.70. The van der Waals surface area contributed by atoms with Crippen molar-refractivity contribution in [2.75, 3.05) is 32.8 Å². The van der Waals surface area contributed by atoms with Crippen LogP contribution in [0.4, 0.5) is 5.69 Å². The number of nitro groups is 1. The largest absolute Gasteiger partial charge is 0.379 e. The molecule has 1 atom stereocenters. The molecule has 0 radical (unpaired) electrons. The van der Waals surface area contributed by atoms with Crippen LogP contribution in [0.15, 0.2) is 53.4 Å². The normalized spacial score (nSPS) is 16.6. The van der Waals surface area contributed by atoms with Crippen LogP contribution in [-0.4, -0.2) is 51.1 Å². The second kappa shape index (κ2) is 8.78. The standard InChI is InChI=1S/C19H23N3O5S/c1-15-7-8-17(13-19(15)22(23)24)28(25,26)20-18(16-5-3-2-4-6-16)14-21-9-11-27-12-10-21/h2-8,13,18,20H,9-12,14H2,1H3/t18-/m0/s1. The smallest absolute Gasteiger partial charge is 0.273 e. The highest BCUT2D eigenvalue weighted by Crippen LogP contribution is 2.24. The van der Waals surface area contributed by atoms with Gasteiger partial charge in [-0.15, -0.1) is 0 Å². The zero-order chi connectivity index (χ0) is 20.1. The van der Waals surface area contributed by atoms with E-state index in [1.807, 2.05) is 30.3 Å². The predicted molar refractivity (Wildman–Crippen MR) is 105 cm³/mol. The SMILES string of the molecule is Cc1ccc(S(=O)(=O)N[C@@H](CN2CCOCC2)c2ccccc2)cc1[N+](=O)[O-]. The number of rotatable bonds is 7. The van der Waals surface area contributed by atoms with Crippen LogP contribution >= 0.6 is 0 Å². The van der Waals surface area contributed by atoms with Crippen molar-refractivity contribution in [1.82, 2.24) is 9.62 Å². The van der Waals surface area contributed by atoms with Gasteiger partial charge in [0.2, 0.25) is 10.0 Å². The first-order chi connectivity index (χ1) is 13.4. The minimum absolute atomic E-state index is 0.118. The molecule has 1 saturated heterocycles. The van der Waals surface area contributed by atoms with Crippen molar-refractivity contribution in [1.29, 1.82) is 0 Å². The van der Waals surface area contributed by atoms with E-state index in [4.69, 9.17) is 4.74 Å². The molecule has 8 nitrogen and oxygen atoms in total. The van der Waals surface area contributed by atoms with E-state index in [-0.39, 0.29) is 10.6 Å². The lowest BCUT2D eigenvalue weighted by molar-refractivity contribution is -0.385. The van der Waals surface area contributed by atoms with Crippen LogP contribution < -0.4 is 4.72 Å². The van der Waals surface area contributed by atoms with Gasteiger partial charge in [-0.05, 0) is 18.6 Å². The quantitative estimate of drug-likeness (QED) is 0.560. The lowest BCUT2D eigenvalue weighted by Crippen LogP contribution is -2.43. The molecular formula is C19H23N3O5S. The summed E-state index contributed by atoms with van der Waals surface area (Å²) in [5, 5.41) is 11.2. The van der Waals surface area contributed by atoms with E-state index in [0.29, 0.717) is 25.3 Å². The Morgan fingerprint density at radius 1 is 1.18 bits per heavy atom. The van der Waals surface area contributed by atoms with Crippen LogP contribution in [0.2, 0.25) is 0 Å². The van der Waals surface area contributed by atoms with Crippen molar-refractivity contribution < 1.29 is 18.1 Å². The number of sulfonamides is 1. The number of nitro benzene ring substituents is 1. The van der Waals surface area contributed by atoms with Gasteiger partial charge in [0.1, 0.15) is 0 Å². The van der Waals surface area contributed by atoms with Gasteiger partial charge in [-0.2, -0.15) is 0 Å². The minimum atomic E-state index is -3.94. The van der Waals surface area contributed by atoms with Crippen molar-refractivity contribution in [3.63, 3.8) is 0 Å². The Morgan fingerprint density at radius 3 is 2.50 bits per heavy atom. The summed E-state index contributed by atoms with van der Waals surface area (Å²) in [6.07, 6.45) is 0. The van der Waals surface area contributed by atoms with Gasteiger partial charge >= 0.3 is 0 Å². The van der Waals surface area contributed by atoms with Gasteiger partial charge in [-0.3, -0.25) is 15.0 Å². The van der Waals surface area contributed by atoms with Crippen molar-refractivity contribution in [2.45, 2.75) is 17.9 Å². The molecule has 1 aliphatic heterocycles. The van der Waals surface area contributed by atoms with Crippen LogP contribution in [0.5, 0.6) is 0 Å². The van der Waals surface area contributed by atoms with E-state index >= 15 is 0 Å². The maximum Gasteiger partial charge on any atom is 0.273 e. The molecule has 0 amide bonds. The highest BCUT2D eigenvalue weighted by Gasteiger charge is 2.26. The average Bonchev–Trinajstić information content (AvgIpc) is 2.69. The molecule has 1 N–H and O–H groups in total. The third-order valence-corrected chi connectivity index (χ3v) is 6.20. The molecule has 1 aliphatic rings. The fourth-order valence-corrected chi connectivity index (χ4v) is 4.38. The first-order valence-electron chi connectivity index (χ1n) is 8.99. The Balaban J connectivity index is 1.88. The number of aryl methyl sites for hydroxylation is 1. The van der Waals surface area contributed by atoms with E-state index in [9.17, 15) is 18.5 Å². The molecule has 0 bridgehead atoms. The molecule has 0 saturated carbocycles. The van der Waals surface area contributed by atoms with Crippen molar-refractivity contribution >= 4 is 15.7 Å². The molecule has 28 heavy (non-hydrogen) atoms. The number of ether oxygens (including phenoxy) is 1. The van der Waals surface area contributed by atoms with Gasteiger partial charge in [-0.1, -0.05) is 36.4 Å². The summed E-state index contributed by atoms with van der Waals surface area (Å²) in [7, 11) is -3.94.